The second kappa shape index (κ2) is 10.6. The van der Waals surface area contributed by atoms with Gasteiger partial charge >= 0.3 is 6.18 Å². The zero-order valence-electron chi connectivity index (χ0n) is 20.9. The molecule has 1 aliphatic carbocycles. The Balaban J connectivity index is 0.000000207. The van der Waals surface area contributed by atoms with Crippen LogP contribution in [0.3, 0.4) is 0 Å². The van der Waals surface area contributed by atoms with Crippen LogP contribution in [0.5, 0.6) is 0 Å². The summed E-state index contributed by atoms with van der Waals surface area (Å²) in [6.07, 6.45) is -1.62. The zero-order valence-corrected chi connectivity index (χ0v) is 20.9. The Hall–Kier alpha value is -3.94. The number of pyridine rings is 1. The molecule has 5 rings (SSSR count). The minimum atomic E-state index is -4.21. The van der Waals surface area contributed by atoms with E-state index in [4.69, 9.17) is 0 Å². The minimum absolute atomic E-state index is 0.0440. The van der Waals surface area contributed by atoms with Crippen LogP contribution < -0.4 is 5.32 Å². The van der Waals surface area contributed by atoms with E-state index in [1.165, 1.54) is 6.07 Å². The van der Waals surface area contributed by atoms with Gasteiger partial charge in [-0.3, -0.25) is 4.79 Å². The second-order valence-electron chi connectivity index (χ2n) is 9.36. The van der Waals surface area contributed by atoms with E-state index in [0.717, 1.165) is 33.8 Å². The van der Waals surface area contributed by atoms with E-state index in [1.807, 2.05) is 61.7 Å². The number of hydrogen-bond donors (Lipinski definition) is 1. The highest BCUT2D eigenvalue weighted by molar-refractivity contribution is 5.79. The largest absolute Gasteiger partial charge is 0.401 e. The van der Waals surface area contributed by atoms with Crippen LogP contribution in [-0.2, 0) is 16.6 Å². The Labute approximate surface area is 213 Å². The van der Waals surface area contributed by atoms with Crippen LogP contribution in [0, 0.1) is 13.8 Å². The summed E-state index contributed by atoms with van der Waals surface area (Å²) in [5, 5.41) is 6.74. The Bertz CT molecular complexity index is 1360. The summed E-state index contributed by atoms with van der Waals surface area (Å²) in [6, 6.07) is 21.6. The first kappa shape index (κ1) is 26.1. The average Bonchev–Trinajstić information content (AvgIpc) is 3.57. The summed E-state index contributed by atoms with van der Waals surface area (Å²) < 4.78 is 42.2. The summed E-state index contributed by atoms with van der Waals surface area (Å²) >= 11 is 0. The van der Waals surface area contributed by atoms with Crippen molar-refractivity contribution >= 4 is 17.3 Å². The number of aryl methyl sites for hydroxylation is 2. The van der Waals surface area contributed by atoms with Gasteiger partial charge in [0.05, 0.1) is 5.69 Å². The number of hydrogen-bond acceptors (Lipinski definition) is 5. The van der Waals surface area contributed by atoms with Gasteiger partial charge in [0, 0.05) is 29.9 Å². The number of carbonyl (C=O) groups excluding carboxylic acids is 1. The smallest absolute Gasteiger partial charge is 0.360 e. The van der Waals surface area contributed by atoms with E-state index >= 15 is 0 Å². The first-order chi connectivity index (χ1) is 17.6. The molecule has 0 atom stereocenters. The normalized spacial score (nSPS) is 13.9. The van der Waals surface area contributed by atoms with E-state index in [2.05, 4.69) is 32.1 Å². The molecule has 1 fully saturated rings. The van der Waals surface area contributed by atoms with Crippen molar-refractivity contribution in [2.75, 3.05) is 5.32 Å². The fraction of sp³-hybridized carbons (Fsp3) is 0.276. The van der Waals surface area contributed by atoms with E-state index in [0.29, 0.717) is 12.1 Å². The lowest BCUT2D eigenvalue weighted by Gasteiger charge is -2.14. The van der Waals surface area contributed by atoms with Crippen LogP contribution in [0.2, 0.25) is 0 Å². The molecule has 4 aromatic rings. The van der Waals surface area contributed by atoms with Crippen molar-refractivity contribution in [2.45, 2.75) is 51.6 Å². The average molecular weight is 508 g/mol. The van der Waals surface area contributed by atoms with Gasteiger partial charge in [0.25, 0.3) is 0 Å². The van der Waals surface area contributed by atoms with Crippen LogP contribution in [0.4, 0.5) is 24.7 Å². The van der Waals surface area contributed by atoms with Crippen molar-refractivity contribution in [3.8, 4) is 11.1 Å². The van der Waals surface area contributed by atoms with Gasteiger partial charge in [0.15, 0.2) is 5.76 Å². The molecule has 0 amide bonds. The molecule has 5 nitrogen and oxygen atoms in total. The molecule has 37 heavy (non-hydrogen) atoms. The molecule has 0 saturated heterocycles. The molecule has 0 spiro atoms. The minimum Gasteiger partial charge on any atom is -0.360 e. The number of nitrogens with zero attached hydrogens (tertiary/aromatic N) is 2. The third kappa shape index (κ3) is 6.25. The third-order valence-corrected chi connectivity index (χ3v) is 6.32. The van der Waals surface area contributed by atoms with E-state index in [-0.39, 0.29) is 24.4 Å². The highest BCUT2D eigenvalue weighted by atomic mass is 19.4. The molecule has 0 radical (unpaired) electrons. The lowest BCUT2D eigenvalue weighted by atomic mass is 9.98. The number of nitrogens with one attached hydrogen (secondary N) is 1. The molecular weight excluding hydrogens is 479 g/mol. The number of para-hydroxylation sites is 1. The molecule has 2 aromatic heterocycles. The lowest BCUT2D eigenvalue weighted by molar-refractivity contribution is -0.165. The number of anilines is 2. The van der Waals surface area contributed by atoms with Crippen LogP contribution in [0.1, 0.15) is 42.3 Å². The SMILES string of the molecule is CC(=O)Cc1ccc(-c2ccc(Nc3ccccc3)nc2)cc1C.Cc1cc(C2(C(F)(F)F)CC2)on1. The topological polar surface area (TPSA) is 68.0 Å². The van der Waals surface area contributed by atoms with Crippen LogP contribution in [0.15, 0.2) is 77.4 Å². The van der Waals surface area contributed by atoms with Crippen molar-refractivity contribution in [1.29, 1.82) is 0 Å². The van der Waals surface area contributed by atoms with Crippen LogP contribution >= 0.6 is 0 Å². The number of aromatic nitrogens is 2. The Morgan fingerprint density at radius 3 is 2.22 bits per heavy atom. The van der Waals surface area contributed by atoms with E-state index in [9.17, 15) is 18.0 Å². The highest BCUT2D eigenvalue weighted by Crippen LogP contribution is 2.58. The third-order valence-electron chi connectivity index (χ3n) is 6.32. The summed E-state index contributed by atoms with van der Waals surface area (Å²) in [5.41, 5.74) is 4.17. The monoisotopic (exact) mass is 507 g/mol. The van der Waals surface area contributed by atoms with Crippen molar-refractivity contribution in [3.05, 3.63) is 95.5 Å². The number of halogens is 3. The number of carbonyl (C=O) groups is 1. The number of benzene rings is 2. The molecule has 1 aliphatic rings. The summed E-state index contributed by atoms with van der Waals surface area (Å²) in [4.78, 5) is 15.8. The van der Waals surface area contributed by atoms with Gasteiger partial charge in [0.2, 0.25) is 0 Å². The molecule has 8 heteroatoms. The zero-order chi connectivity index (χ0) is 26.6. The number of alkyl halides is 3. The summed E-state index contributed by atoms with van der Waals surface area (Å²) in [7, 11) is 0. The van der Waals surface area contributed by atoms with Crippen molar-refractivity contribution in [1.82, 2.24) is 10.1 Å². The maximum absolute atomic E-state index is 12.5. The Morgan fingerprint density at radius 2 is 1.70 bits per heavy atom. The fourth-order valence-corrected chi connectivity index (χ4v) is 4.03. The van der Waals surface area contributed by atoms with Gasteiger partial charge in [-0.2, -0.15) is 13.2 Å². The summed E-state index contributed by atoms with van der Waals surface area (Å²) in [6.45, 7) is 5.27. The fourth-order valence-electron chi connectivity index (χ4n) is 4.03. The van der Waals surface area contributed by atoms with Crippen molar-refractivity contribution in [3.63, 3.8) is 0 Å². The van der Waals surface area contributed by atoms with Gasteiger partial charge < -0.3 is 9.84 Å². The number of ketones is 1. The van der Waals surface area contributed by atoms with Crippen LogP contribution in [0.25, 0.3) is 11.1 Å². The number of Topliss-reactive ketones (excluding diaryl/α,β-unsaturated/α-hetero) is 1. The van der Waals surface area contributed by atoms with Gasteiger partial charge in [-0.1, -0.05) is 41.6 Å². The van der Waals surface area contributed by atoms with Gasteiger partial charge in [-0.05, 0) is 74.6 Å². The molecule has 1 saturated carbocycles. The van der Waals surface area contributed by atoms with Crippen molar-refractivity contribution < 1.29 is 22.5 Å². The predicted molar refractivity (Wildman–Crippen MR) is 137 cm³/mol. The molecule has 192 valence electrons. The van der Waals surface area contributed by atoms with E-state index < -0.39 is 11.6 Å². The standard InChI is InChI=1S/C21H20N2O.C8H8F3NO/c1-15-12-18(9-8-17(15)13-16(2)24)19-10-11-21(22-14-19)23-20-6-4-3-5-7-20;1-5-4-6(13-12-5)7(2-3-7)8(9,10)11/h3-12,14H,13H2,1-2H3,(H,22,23);4H,2-3H2,1H3. The van der Waals surface area contributed by atoms with Gasteiger partial charge in [0.1, 0.15) is 17.0 Å². The maximum Gasteiger partial charge on any atom is 0.401 e. The summed E-state index contributed by atoms with van der Waals surface area (Å²) in [5.74, 6) is 0.955. The molecule has 0 bridgehead atoms. The maximum atomic E-state index is 12.5. The molecule has 2 heterocycles. The molecule has 2 aromatic carbocycles. The van der Waals surface area contributed by atoms with Gasteiger partial charge in [-0.15, -0.1) is 0 Å². The Morgan fingerprint density at radius 1 is 1.00 bits per heavy atom. The lowest BCUT2D eigenvalue weighted by Crippen LogP contribution is -2.28. The predicted octanol–water partition coefficient (Wildman–Crippen LogP) is 7.51. The molecule has 0 unspecified atom stereocenters. The van der Waals surface area contributed by atoms with Crippen LogP contribution in [-0.4, -0.2) is 22.1 Å². The molecular formula is C29H28F3N3O2. The second-order valence-corrected chi connectivity index (χ2v) is 9.36. The number of rotatable bonds is 6. The first-order valence-corrected chi connectivity index (χ1v) is 12.0. The van der Waals surface area contributed by atoms with Gasteiger partial charge in [-0.25, -0.2) is 4.98 Å². The molecule has 1 N–H and O–H groups in total. The first-order valence-electron chi connectivity index (χ1n) is 12.0. The quantitative estimate of drug-likeness (QED) is 0.293. The highest BCUT2D eigenvalue weighted by Gasteiger charge is 2.66. The van der Waals surface area contributed by atoms with Crippen molar-refractivity contribution in [2.24, 2.45) is 0 Å². The molecule has 0 aliphatic heterocycles. The van der Waals surface area contributed by atoms with E-state index in [1.54, 1.807) is 13.8 Å². The Kier molecular flexibility index (Phi) is 7.47.